The summed E-state index contributed by atoms with van der Waals surface area (Å²) in [7, 11) is 3.59. The highest BCUT2D eigenvalue weighted by atomic mass is 79.9. The topological polar surface area (TPSA) is 34.4 Å². The molecule has 0 fully saturated rings. The van der Waals surface area contributed by atoms with Crippen molar-refractivity contribution in [3.63, 3.8) is 0 Å². The number of hydrogen-bond acceptors (Lipinski definition) is 3. The number of hydrogen-bond donors (Lipinski definition) is 1. The number of aryl methyl sites for hydroxylation is 1. The number of ether oxygens (including phenoxy) is 1. The maximum Gasteiger partial charge on any atom is 0.129 e. The quantitative estimate of drug-likeness (QED) is 0.908. The molecule has 0 bridgehead atoms. The van der Waals surface area contributed by atoms with Crippen LogP contribution in [0.3, 0.4) is 0 Å². The number of nitrogens with one attached hydrogen (secondary N) is 1. The summed E-state index contributed by atoms with van der Waals surface area (Å²) in [5.41, 5.74) is 2.39. The third-order valence-electron chi connectivity index (χ3n) is 3.06. The van der Waals surface area contributed by atoms with Crippen LogP contribution in [0.2, 0.25) is 0 Å². The minimum atomic E-state index is 0.0532. The van der Waals surface area contributed by atoms with Gasteiger partial charge in [-0.2, -0.15) is 0 Å². The first-order chi connectivity index (χ1) is 9.15. The van der Waals surface area contributed by atoms with E-state index in [4.69, 9.17) is 9.15 Å². The molecule has 1 aromatic carbocycles. The lowest BCUT2D eigenvalue weighted by molar-refractivity contribution is 0.162. The lowest BCUT2D eigenvalue weighted by Gasteiger charge is -2.15. The van der Waals surface area contributed by atoms with Crippen molar-refractivity contribution in [3.05, 3.63) is 57.5 Å². The van der Waals surface area contributed by atoms with Crippen LogP contribution in [0, 0.1) is 6.92 Å². The molecule has 4 heteroatoms. The van der Waals surface area contributed by atoms with Gasteiger partial charge in [0.1, 0.15) is 18.1 Å². The molecule has 0 saturated heterocycles. The maximum absolute atomic E-state index is 5.80. The summed E-state index contributed by atoms with van der Waals surface area (Å²) >= 11 is 3.52. The Hall–Kier alpha value is -1.10. The summed E-state index contributed by atoms with van der Waals surface area (Å²) in [6.45, 7) is 2.58. The largest absolute Gasteiger partial charge is 0.462 e. The fraction of sp³-hybridized carbons (Fsp3) is 0.333. The summed E-state index contributed by atoms with van der Waals surface area (Å²) in [5, 5.41) is 3.29. The van der Waals surface area contributed by atoms with Crippen molar-refractivity contribution in [1.82, 2.24) is 5.32 Å². The van der Waals surface area contributed by atoms with Crippen molar-refractivity contribution in [3.8, 4) is 0 Å². The molecule has 3 nitrogen and oxygen atoms in total. The zero-order valence-electron chi connectivity index (χ0n) is 11.4. The Bertz CT molecular complexity index is 551. The average Bonchev–Trinajstić information content (AvgIpc) is 2.83. The van der Waals surface area contributed by atoms with Crippen LogP contribution in [0.25, 0.3) is 0 Å². The smallest absolute Gasteiger partial charge is 0.129 e. The number of rotatable bonds is 5. The zero-order chi connectivity index (χ0) is 13.8. The second kappa shape index (κ2) is 6.37. The first-order valence-corrected chi connectivity index (χ1v) is 6.96. The van der Waals surface area contributed by atoms with Crippen LogP contribution in [0.15, 0.2) is 39.2 Å². The Morgan fingerprint density at radius 3 is 2.74 bits per heavy atom. The van der Waals surface area contributed by atoms with Crippen LogP contribution in [-0.2, 0) is 11.3 Å². The van der Waals surface area contributed by atoms with E-state index in [1.54, 1.807) is 7.11 Å². The fourth-order valence-electron chi connectivity index (χ4n) is 2.09. The maximum atomic E-state index is 5.80. The summed E-state index contributed by atoms with van der Waals surface area (Å²) in [4.78, 5) is 0. The van der Waals surface area contributed by atoms with Crippen LogP contribution >= 0.6 is 15.9 Å². The summed E-state index contributed by atoms with van der Waals surface area (Å²) in [6, 6.07) is 10.3. The molecule has 1 atom stereocenters. The third kappa shape index (κ3) is 3.26. The van der Waals surface area contributed by atoms with Gasteiger partial charge in [0.25, 0.3) is 0 Å². The second-order valence-corrected chi connectivity index (χ2v) is 5.32. The van der Waals surface area contributed by atoms with Crippen LogP contribution in [-0.4, -0.2) is 14.2 Å². The zero-order valence-corrected chi connectivity index (χ0v) is 13.0. The van der Waals surface area contributed by atoms with E-state index in [2.05, 4.69) is 46.4 Å². The van der Waals surface area contributed by atoms with Gasteiger partial charge >= 0.3 is 0 Å². The highest BCUT2D eigenvalue weighted by molar-refractivity contribution is 9.10. The molecule has 1 heterocycles. The monoisotopic (exact) mass is 323 g/mol. The second-order valence-electron chi connectivity index (χ2n) is 4.47. The van der Waals surface area contributed by atoms with Gasteiger partial charge in [-0.3, -0.25) is 0 Å². The number of furan rings is 1. The lowest BCUT2D eigenvalue weighted by atomic mass is 10.0. The van der Waals surface area contributed by atoms with Crippen LogP contribution in [0.1, 0.15) is 28.7 Å². The Labute approximate surface area is 122 Å². The highest BCUT2D eigenvalue weighted by Gasteiger charge is 2.16. The Balaban J connectivity index is 2.29. The van der Waals surface area contributed by atoms with Gasteiger partial charge in [0.15, 0.2) is 0 Å². The predicted octanol–water partition coefficient (Wildman–Crippen LogP) is 3.81. The molecule has 2 aromatic rings. The Morgan fingerprint density at radius 2 is 2.11 bits per heavy atom. The summed E-state index contributed by atoms with van der Waals surface area (Å²) in [6.07, 6.45) is 0. The third-order valence-corrected chi connectivity index (χ3v) is 3.95. The molecule has 102 valence electrons. The van der Waals surface area contributed by atoms with Crippen molar-refractivity contribution in [2.45, 2.75) is 19.6 Å². The van der Waals surface area contributed by atoms with Crippen molar-refractivity contribution in [2.75, 3.05) is 14.2 Å². The van der Waals surface area contributed by atoms with E-state index >= 15 is 0 Å². The standard InChI is InChI=1S/C15H18BrNO2/c1-10-8-11(4-6-13(10)16)15(17-2)14-7-5-12(19-14)9-18-3/h4-8,15,17H,9H2,1-3H3. The van der Waals surface area contributed by atoms with Crippen molar-refractivity contribution in [2.24, 2.45) is 0 Å². The molecule has 0 aliphatic heterocycles. The predicted molar refractivity (Wildman–Crippen MR) is 79.2 cm³/mol. The lowest BCUT2D eigenvalue weighted by Crippen LogP contribution is -2.17. The molecule has 2 rings (SSSR count). The SMILES string of the molecule is CNC(c1ccc(Br)c(C)c1)c1ccc(COC)o1. The van der Waals surface area contributed by atoms with Gasteiger partial charge < -0.3 is 14.5 Å². The van der Waals surface area contributed by atoms with Gasteiger partial charge in [-0.15, -0.1) is 0 Å². The minimum absolute atomic E-state index is 0.0532. The van der Waals surface area contributed by atoms with Crippen LogP contribution < -0.4 is 5.32 Å². The Kier molecular flexibility index (Phi) is 4.80. The molecule has 0 aliphatic rings. The van der Waals surface area contributed by atoms with Gasteiger partial charge in [-0.05, 0) is 43.3 Å². The van der Waals surface area contributed by atoms with E-state index in [1.165, 1.54) is 11.1 Å². The first-order valence-electron chi connectivity index (χ1n) is 6.16. The summed E-state index contributed by atoms with van der Waals surface area (Å²) in [5.74, 6) is 1.74. The molecule has 0 spiro atoms. The van der Waals surface area contributed by atoms with E-state index in [0.29, 0.717) is 6.61 Å². The molecule has 0 radical (unpaired) electrons. The minimum Gasteiger partial charge on any atom is -0.462 e. The van der Waals surface area contributed by atoms with Gasteiger partial charge in [0.2, 0.25) is 0 Å². The molecule has 0 aliphatic carbocycles. The summed E-state index contributed by atoms with van der Waals surface area (Å²) < 4.78 is 12.0. The van der Waals surface area contributed by atoms with Gasteiger partial charge in [-0.1, -0.05) is 28.1 Å². The molecule has 1 aromatic heterocycles. The fourth-order valence-corrected chi connectivity index (χ4v) is 2.34. The van der Waals surface area contributed by atoms with Gasteiger partial charge in [0, 0.05) is 11.6 Å². The molecule has 1 N–H and O–H groups in total. The van der Waals surface area contributed by atoms with E-state index in [0.717, 1.165) is 16.0 Å². The van der Waals surface area contributed by atoms with Crippen LogP contribution in [0.4, 0.5) is 0 Å². The molecular formula is C15H18BrNO2. The van der Waals surface area contributed by atoms with Gasteiger partial charge in [-0.25, -0.2) is 0 Å². The molecule has 19 heavy (non-hydrogen) atoms. The highest BCUT2D eigenvalue weighted by Crippen LogP contribution is 2.27. The van der Waals surface area contributed by atoms with E-state index in [-0.39, 0.29) is 6.04 Å². The Morgan fingerprint density at radius 1 is 1.32 bits per heavy atom. The molecule has 0 saturated carbocycles. The van der Waals surface area contributed by atoms with Crippen molar-refractivity contribution < 1.29 is 9.15 Å². The van der Waals surface area contributed by atoms with Crippen LogP contribution in [0.5, 0.6) is 0 Å². The normalized spacial score (nSPS) is 12.6. The number of methoxy groups -OCH3 is 1. The number of benzene rings is 1. The molecule has 0 amide bonds. The van der Waals surface area contributed by atoms with Crippen molar-refractivity contribution >= 4 is 15.9 Å². The van der Waals surface area contributed by atoms with Gasteiger partial charge in [0.05, 0.1) is 6.04 Å². The molecule has 1 unspecified atom stereocenters. The van der Waals surface area contributed by atoms with E-state index in [9.17, 15) is 0 Å². The first kappa shape index (κ1) is 14.3. The van der Waals surface area contributed by atoms with E-state index < -0.39 is 0 Å². The molecular weight excluding hydrogens is 306 g/mol. The van der Waals surface area contributed by atoms with E-state index in [1.807, 2.05) is 19.2 Å². The van der Waals surface area contributed by atoms with Crippen molar-refractivity contribution in [1.29, 1.82) is 0 Å². The number of halogens is 1. The average molecular weight is 324 g/mol.